The van der Waals surface area contributed by atoms with Gasteiger partial charge in [0.05, 0.1) is 11.0 Å². The fourth-order valence-electron chi connectivity index (χ4n) is 0.823. The van der Waals surface area contributed by atoms with Gasteiger partial charge in [0, 0.05) is 0 Å². The first-order valence-electron chi connectivity index (χ1n) is 3.32. The van der Waals surface area contributed by atoms with Crippen LogP contribution in [0.3, 0.4) is 0 Å². The van der Waals surface area contributed by atoms with Crippen molar-refractivity contribution < 1.29 is 13.6 Å². The molecule has 0 N–H and O–H groups in total. The third-order valence-corrected chi connectivity index (χ3v) is 2.13. The largest absolute Gasteiger partial charge is 0.235 e. The summed E-state index contributed by atoms with van der Waals surface area (Å²) < 4.78 is 25.5. The van der Waals surface area contributed by atoms with Crippen LogP contribution in [0.15, 0.2) is 21.6 Å². The van der Waals surface area contributed by atoms with Crippen LogP contribution in [0.25, 0.3) is 0 Å². The summed E-state index contributed by atoms with van der Waals surface area (Å²) in [6.07, 6.45) is 1.29. The smallest absolute Gasteiger partial charge is 0.211 e. The summed E-state index contributed by atoms with van der Waals surface area (Å²) in [5, 5.41) is 0. The van der Waals surface area contributed by atoms with Crippen LogP contribution in [-0.4, -0.2) is 6.08 Å². The Labute approximate surface area is 81.4 Å². The minimum absolute atomic E-state index is 0.0649. The molecule has 0 bridgehead atoms. The standard InChI is InChI=1S/C8H4BrF2NO/c9-8-6(10)1-5(2-7(8)11)3-12-4-13/h1-2H,3H2. The van der Waals surface area contributed by atoms with E-state index < -0.39 is 11.6 Å². The second-order valence-corrected chi connectivity index (χ2v) is 3.07. The lowest BCUT2D eigenvalue weighted by molar-refractivity contribution is 0.560. The van der Waals surface area contributed by atoms with Crippen molar-refractivity contribution in [2.24, 2.45) is 4.99 Å². The van der Waals surface area contributed by atoms with Crippen molar-refractivity contribution in [1.29, 1.82) is 0 Å². The second kappa shape index (κ2) is 4.25. The van der Waals surface area contributed by atoms with Crippen molar-refractivity contribution in [3.05, 3.63) is 33.8 Å². The highest BCUT2D eigenvalue weighted by atomic mass is 79.9. The van der Waals surface area contributed by atoms with Crippen molar-refractivity contribution in [3.63, 3.8) is 0 Å². The molecule has 5 heteroatoms. The molecule has 13 heavy (non-hydrogen) atoms. The highest BCUT2D eigenvalue weighted by Crippen LogP contribution is 2.21. The predicted octanol–water partition coefficient (Wildman–Crippen LogP) is 2.56. The third-order valence-electron chi connectivity index (χ3n) is 1.37. The van der Waals surface area contributed by atoms with Gasteiger partial charge in [-0.25, -0.2) is 18.6 Å². The number of hydrogen-bond donors (Lipinski definition) is 0. The van der Waals surface area contributed by atoms with Gasteiger partial charge in [-0.15, -0.1) is 0 Å². The van der Waals surface area contributed by atoms with E-state index in [4.69, 9.17) is 0 Å². The van der Waals surface area contributed by atoms with Crippen LogP contribution in [-0.2, 0) is 11.3 Å². The Bertz CT molecular complexity index is 351. The lowest BCUT2D eigenvalue weighted by atomic mass is 10.2. The first-order chi connectivity index (χ1) is 6.15. The Morgan fingerprint density at radius 3 is 2.38 bits per heavy atom. The maximum absolute atomic E-state index is 12.8. The van der Waals surface area contributed by atoms with Gasteiger partial charge in [0.1, 0.15) is 11.6 Å². The van der Waals surface area contributed by atoms with Gasteiger partial charge in [-0.2, -0.15) is 0 Å². The normalized spacial score (nSPS) is 9.46. The zero-order valence-electron chi connectivity index (χ0n) is 6.35. The summed E-state index contributed by atoms with van der Waals surface area (Å²) in [5.41, 5.74) is 0.293. The van der Waals surface area contributed by atoms with Gasteiger partial charge < -0.3 is 0 Å². The van der Waals surface area contributed by atoms with E-state index in [1.165, 1.54) is 6.08 Å². The van der Waals surface area contributed by atoms with E-state index in [1.807, 2.05) is 0 Å². The van der Waals surface area contributed by atoms with Gasteiger partial charge in [-0.3, -0.25) is 0 Å². The number of rotatable bonds is 2. The van der Waals surface area contributed by atoms with E-state index >= 15 is 0 Å². The van der Waals surface area contributed by atoms with Gasteiger partial charge >= 0.3 is 0 Å². The molecule has 0 aromatic heterocycles. The van der Waals surface area contributed by atoms with Crippen molar-refractivity contribution in [2.45, 2.75) is 6.54 Å². The van der Waals surface area contributed by atoms with Crippen LogP contribution in [0.2, 0.25) is 0 Å². The average Bonchev–Trinajstić information content (AvgIpc) is 2.10. The van der Waals surface area contributed by atoms with Crippen LogP contribution >= 0.6 is 15.9 Å². The van der Waals surface area contributed by atoms with E-state index in [-0.39, 0.29) is 11.0 Å². The maximum atomic E-state index is 12.8. The molecule has 0 heterocycles. The molecule has 0 amide bonds. The molecule has 0 fully saturated rings. The molecule has 0 aliphatic carbocycles. The monoisotopic (exact) mass is 247 g/mol. The lowest BCUT2D eigenvalue weighted by Gasteiger charge is -1.99. The second-order valence-electron chi connectivity index (χ2n) is 2.28. The highest BCUT2D eigenvalue weighted by molar-refractivity contribution is 9.10. The summed E-state index contributed by atoms with van der Waals surface area (Å²) in [5.74, 6) is -1.42. The van der Waals surface area contributed by atoms with E-state index in [0.717, 1.165) is 12.1 Å². The average molecular weight is 248 g/mol. The fourth-order valence-corrected chi connectivity index (χ4v) is 1.05. The number of halogens is 3. The van der Waals surface area contributed by atoms with E-state index in [2.05, 4.69) is 20.9 Å². The number of isocyanates is 1. The first-order valence-corrected chi connectivity index (χ1v) is 4.11. The number of benzene rings is 1. The van der Waals surface area contributed by atoms with Crippen LogP contribution in [0.5, 0.6) is 0 Å². The SMILES string of the molecule is O=C=NCc1cc(F)c(Br)c(F)c1. The first kappa shape index (κ1) is 10.0. The Morgan fingerprint density at radius 2 is 1.92 bits per heavy atom. The maximum Gasteiger partial charge on any atom is 0.235 e. The van der Waals surface area contributed by atoms with Gasteiger partial charge in [0.25, 0.3) is 0 Å². The van der Waals surface area contributed by atoms with E-state index in [9.17, 15) is 13.6 Å². The van der Waals surface area contributed by atoms with Crippen molar-refractivity contribution >= 4 is 22.0 Å². The molecule has 68 valence electrons. The molecule has 1 aromatic carbocycles. The molecule has 0 saturated carbocycles. The third kappa shape index (κ3) is 2.44. The van der Waals surface area contributed by atoms with Crippen LogP contribution in [0.1, 0.15) is 5.56 Å². The summed E-state index contributed by atoms with van der Waals surface area (Å²) in [6.45, 7) is -0.0649. The Balaban J connectivity index is 3.05. The van der Waals surface area contributed by atoms with Gasteiger partial charge in [-0.05, 0) is 33.6 Å². The summed E-state index contributed by atoms with van der Waals surface area (Å²) >= 11 is 2.72. The molecule has 0 spiro atoms. The molecule has 1 rings (SSSR count). The molecule has 0 unspecified atom stereocenters. The molecule has 0 radical (unpaired) electrons. The van der Waals surface area contributed by atoms with Gasteiger partial charge in [-0.1, -0.05) is 0 Å². The molecule has 0 aliphatic heterocycles. The molecule has 0 atom stereocenters. The molecular formula is C8H4BrF2NO. The minimum atomic E-state index is -0.712. The van der Waals surface area contributed by atoms with Crippen LogP contribution in [0, 0.1) is 11.6 Å². The molecular weight excluding hydrogens is 244 g/mol. The summed E-state index contributed by atoms with van der Waals surface area (Å²) in [7, 11) is 0. The molecule has 0 saturated heterocycles. The van der Waals surface area contributed by atoms with E-state index in [0.29, 0.717) is 5.56 Å². The number of nitrogens with zero attached hydrogens (tertiary/aromatic N) is 1. The quantitative estimate of drug-likeness (QED) is 0.449. The van der Waals surface area contributed by atoms with Crippen molar-refractivity contribution in [1.82, 2.24) is 0 Å². The number of hydrogen-bond acceptors (Lipinski definition) is 2. The van der Waals surface area contributed by atoms with E-state index in [1.54, 1.807) is 0 Å². The Kier molecular flexibility index (Phi) is 3.28. The van der Waals surface area contributed by atoms with Crippen LogP contribution in [0.4, 0.5) is 8.78 Å². The van der Waals surface area contributed by atoms with Gasteiger partial charge in [0.15, 0.2) is 0 Å². The minimum Gasteiger partial charge on any atom is -0.211 e. The Hall–Kier alpha value is -1.06. The highest BCUT2D eigenvalue weighted by Gasteiger charge is 2.07. The molecule has 0 aliphatic rings. The molecule has 2 nitrogen and oxygen atoms in total. The summed E-state index contributed by atoms with van der Waals surface area (Å²) in [6, 6.07) is 2.21. The molecule has 1 aromatic rings. The Morgan fingerprint density at radius 1 is 1.38 bits per heavy atom. The van der Waals surface area contributed by atoms with Crippen molar-refractivity contribution in [3.8, 4) is 0 Å². The van der Waals surface area contributed by atoms with Crippen molar-refractivity contribution in [2.75, 3.05) is 0 Å². The van der Waals surface area contributed by atoms with Crippen LogP contribution < -0.4 is 0 Å². The fraction of sp³-hybridized carbons (Fsp3) is 0.125. The zero-order chi connectivity index (χ0) is 9.84. The lowest BCUT2D eigenvalue weighted by Crippen LogP contribution is -1.89. The predicted molar refractivity (Wildman–Crippen MR) is 45.9 cm³/mol. The number of carbonyl (C=O) groups excluding carboxylic acids is 1. The zero-order valence-corrected chi connectivity index (χ0v) is 7.94. The summed E-state index contributed by atoms with van der Waals surface area (Å²) in [4.78, 5) is 12.9. The van der Waals surface area contributed by atoms with Gasteiger partial charge in [0.2, 0.25) is 6.08 Å². The topological polar surface area (TPSA) is 29.4 Å². The number of aliphatic imine (C=N–C) groups is 1.